The summed E-state index contributed by atoms with van der Waals surface area (Å²) < 4.78 is 0. The lowest BCUT2D eigenvalue weighted by atomic mass is 9.85. The Kier molecular flexibility index (Phi) is 5.53. The zero-order valence-corrected chi connectivity index (χ0v) is 17.4. The van der Waals surface area contributed by atoms with Crippen LogP contribution in [-0.2, 0) is 22.4 Å². The van der Waals surface area contributed by atoms with E-state index in [1.165, 1.54) is 4.90 Å². The topological polar surface area (TPSA) is 66.5 Å². The highest BCUT2D eigenvalue weighted by Gasteiger charge is 2.47. The zero-order chi connectivity index (χ0) is 21.3. The molecular formula is C25H26N2O3. The lowest BCUT2D eigenvalue weighted by Gasteiger charge is -2.17. The van der Waals surface area contributed by atoms with Crippen LogP contribution in [-0.4, -0.2) is 17.7 Å². The fourth-order valence-electron chi connectivity index (χ4n) is 4.43. The van der Waals surface area contributed by atoms with E-state index in [4.69, 9.17) is 0 Å². The van der Waals surface area contributed by atoms with Crippen LogP contribution in [0.1, 0.15) is 48.2 Å². The lowest BCUT2D eigenvalue weighted by molar-refractivity contribution is -0.122. The van der Waals surface area contributed by atoms with Crippen molar-refractivity contribution in [3.63, 3.8) is 0 Å². The lowest BCUT2D eigenvalue weighted by Crippen LogP contribution is -2.31. The van der Waals surface area contributed by atoms with Crippen molar-refractivity contribution in [2.75, 3.05) is 10.2 Å². The molecule has 30 heavy (non-hydrogen) atoms. The Morgan fingerprint density at radius 2 is 1.50 bits per heavy atom. The molecule has 0 bridgehead atoms. The van der Waals surface area contributed by atoms with Gasteiger partial charge >= 0.3 is 0 Å². The molecule has 154 valence electrons. The van der Waals surface area contributed by atoms with E-state index < -0.39 is 0 Å². The van der Waals surface area contributed by atoms with Gasteiger partial charge in [0, 0.05) is 11.3 Å². The van der Waals surface area contributed by atoms with Crippen molar-refractivity contribution in [1.29, 1.82) is 0 Å². The van der Waals surface area contributed by atoms with Gasteiger partial charge in [-0.3, -0.25) is 19.3 Å². The molecule has 2 aromatic rings. The summed E-state index contributed by atoms with van der Waals surface area (Å²) in [5.41, 5.74) is 3.91. The van der Waals surface area contributed by atoms with E-state index in [0.29, 0.717) is 24.1 Å². The molecule has 1 fully saturated rings. The van der Waals surface area contributed by atoms with Crippen LogP contribution in [0.5, 0.6) is 0 Å². The summed E-state index contributed by atoms with van der Waals surface area (Å²) in [4.78, 5) is 40.0. The van der Waals surface area contributed by atoms with Crippen LogP contribution in [0.2, 0.25) is 0 Å². The quantitative estimate of drug-likeness (QED) is 0.591. The number of amides is 3. The number of anilines is 2. The molecule has 0 aromatic heterocycles. The van der Waals surface area contributed by atoms with Crippen molar-refractivity contribution >= 4 is 29.1 Å². The minimum absolute atomic E-state index is 0.170. The number of imide groups is 1. The second-order valence-electron chi connectivity index (χ2n) is 7.83. The Morgan fingerprint density at radius 3 is 2.07 bits per heavy atom. The number of fused-ring (bicyclic) bond motifs is 1. The minimum atomic E-state index is -0.288. The van der Waals surface area contributed by atoms with E-state index in [1.54, 1.807) is 24.3 Å². The van der Waals surface area contributed by atoms with Gasteiger partial charge in [0.25, 0.3) is 5.91 Å². The molecule has 0 saturated carbocycles. The maximum Gasteiger partial charge on any atom is 0.255 e. The number of nitrogens with zero attached hydrogens (tertiary/aromatic N) is 1. The first-order valence-electron chi connectivity index (χ1n) is 10.6. The number of rotatable bonds is 5. The highest BCUT2D eigenvalue weighted by Crippen LogP contribution is 2.37. The first kappa shape index (κ1) is 20.1. The molecule has 1 aliphatic carbocycles. The third-order valence-electron chi connectivity index (χ3n) is 6.11. The Labute approximate surface area is 176 Å². The Hall–Kier alpha value is -3.21. The van der Waals surface area contributed by atoms with Crippen molar-refractivity contribution in [1.82, 2.24) is 0 Å². The van der Waals surface area contributed by atoms with Gasteiger partial charge in [-0.2, -0.15) is 0 Å². The van der Waals surface area contributed by atoms with E-state index in [0.717, 1.165) is 29.7 Å². The Balaban J connectivity index is 1.61. The molecule has 1 saturated heterocycles. The number of carbonyl (C=O) groups excluding carboxylic acids is 3. The normalized spacial score (nSPS) is 20.4. The van der Waals surface area contributed by atoms with Crippen molar-refractivity contribution in [2.24, 2.45) is 11.8 Å². The summed E-state index contributed by atoms with van der Waals surface area (Å²) in [5, 5.41) is 3.05. The Bertz CT molecular complexity index is 992. The molecule has 2 aliphatic rings. The molecule has 0 spiro atoms. The highest BCUT2D eigenvalue weighted by atomic mass is 16.2. The van der Waals surface area contributed by atoms with Crippen LogP contribution in [0.3, 0.4) is 0 Å². The molecule has 5 heteroatoms. The van der Waals surface area contributed by atoms with Crippen LogP contribution >= 0.6 is 0 Å². The second kappa shape index (κ2) is 8.27. The third-order valence-corrected chi connectivity index (χ3v) is 6.11. The molecule has 0 unspecified atom stereocenters. The molecule has 2 atom stereocenters. The predicted molar refractivity (Wildman–Crippen MR) is 117 cm³/mol. The molecule has 3 amide bonds. The maximum atomic E-state index is 13.0. The van der Waals surface area contributed by atoms with Crippen LogP contribution in [0.25, 0.3) is 0 Å². The van der Waals surface area contributed by atoms with Gasteiger partial charge in [0.2, 0.25) is 11.8 Å². The number of allylic oxidation sites excluding steroid dienone is 2. The zero-order valence-electron chi connectivity index (χ0n) is 17.4. The highest BCUT2D eigenvalue weighted by molar-refractivity contribution is 6.22. The SMILES string of the molecule is CCc1cccc(CC)c1NC(=O)c1cccc(N2C(=O)[C@H]3CC=CC[C@H]3C2=O)c1. The summed E-state index contributed by atoms with van der Waals surface area (Å²) in [6.07, 6.45) is 6.76. The van der Waals surface area contributed by atoms with Crippen LogP contribution in [0.4, 0.5) is 11.4 Å². The molecule has 0 radical (unpaired) electrons. The van der Waals surface area contributed by atoms with E-state index in [9.17, 15) is 14.4 Å². The van der Waals surface area contributed by atoms with Crippen molar-refractivity contribution in [3.8, 4) is 0 Å². The van der Waals surface area contributed by atoms with Crippen molar-refractivity contribution in [3.05, 3.63) is 71.3 Å². The monoisotopic (exact) mass is 402 g/mol. The second-order valence-corrected chi connectivity index (χ2v) is 7.83. The maximum absolute atomic E-state index is 13.0. The number of aryl methyl sites for hydroxylation is 2. The summed E-state index contributed by atoms with van der Waals surface area (Å²) in [6.45, 7) is 4.12. The van der Waals surface area contributed by atoms with Gasteiger partial charge in [0.05, 0.1) is 17.5 Å². The molecule has 2 aromatic carbocycles. The summed E-state index contributed by atoms with van der Waals surface area (Å²) >= 11 is 0. The molecule has 5 nitrogen and oxygen atoms in total. The first-order valence-corrected chi connectivity index (χ1v) is 10.6. The number of para-hydroxylation sites is 1. The molecule has 1 aliphatic heterocycles. The molecule has 1 N–H and O–H groups in total. The number of nitrogens with one attached hydrogen (secondary N) is 1. The number of hydrogen-bond acceptors (Lipinski definition) is 3. The average Bonchev–Trinajstić information content (AvgIpc) is 3.04. The fraction of sp³-hybridized carbons (Fsp3) is 0.320. The summed E-state index contributed by atoms with van der Waals surface area (Å²) in [6, 6.07) is 12.8. The van der Waals surface area contributed by atoms with E-state index >= 15 is 0 Å². The van der Waals surface area contributed by atoms with Crippen LogP contribution in [0, 0.1) is 11.8 Å². The van der Waals surface area contributed by atoms with Gasteiger partial charge in [-0.15, -0.1) is 0 Å². The van der Waals surface area contributed by atoms with Crippen LogP contribution in [0.15, 0.2) is 54.6 Å². The van der Waals surface area contributed by atoms with Crippen LogP contribution < -0.4 is 10.2 Å². The van der Waals surface area contributed by atoms with Gasteiger partial charge in [-0.05, 0) is 55.0 Å². The van der Waals surface area contributed by atoms with Gasteiger partial charge in [-0.25, -0.2) is 0 Å². The summed E-state index contributed by atoms with van der Waals surface area (Å²) in [7, 11) is 0. The van der Waals surface area contributed by atoms with E-state index in [-0.39, 0.29) is 29.6 Å². The standard InChI is InChI=1S/C25H26N2O3/c1-3-16-9-7-10-17(4-2)22(16)26-23(28)18-11-8-12-19(15-18)27-24(29)20-13-5-6-14-21(20)25(27)30/h5-12,15,20-21H,3-4,13-14H2,1-2H3,(H,26,28)/t20-,21+. The number of benzene rings is 2. The van der Waals surface area contributed by atoms with Gasteiger partial charge < -0.3 is 5.32 Å². The van der Waals surface area contributed by atoms with Gasteiger partial charge in [0.15, 0.2) is 0 Å². The molecule has 4 rings (SSSR count). The van der Waals surface area contributed by atoms with Crippen molar-refractivity contribution < 1.29 is 14.4 Å². The summed E-state index contributed by atoms with van der Waals surface area (Å²) in [5.74, 6) is -1.16. The number of carbonyl (C=O) groups is 3. The number of hydrogen-bond donors (Lipinski definition) is 1. The van der Waals surface area contributed by atoms with E-state index in [2.05, 4.69) is 19.2 Å². The molecular weight excluding hydrogens is 376 g/mol. The molecule has 1 heterocycles. The third kappa shape index (κ3) is 3.45. The average molecular weight is 402 g/mol. The van der Waals surface area contributed by atoms with Gasteiger partial charge in [0.1, 0.15) is 0 Å². The van der Waals surface area contributed by atoms with Gasteiger partial charge in [-0.1, -0.05) is 50.3 Å². The minimum Gasteiger partial charge on any atom is -0.321 e. The predicted octanol–water partition coefficient (Wildman–Crippen LogP) is 4.52. The van der Waals surface area contributed by atoms with Crippen molar-refractivity contribution in [2.45, 2.75) is 39.5 Å². The fourth-order valence-corrected chi connectivity index (χ4v) is 4.43. The Morgan fingerprint density at radius 1 is 0.933 bits per heavy atom. The smallest absolute Gasteiger partial charge is 0.255 e. The largest absolute Gasteiger partial charge is 0.321 e. The first-order chi connectivity index (χ1) is 14.5. The van der Waals surface area contributed by atoms with E-state index in [1.807, 2.05) is 30.4 Å².